The van der Waals surface area contributed by atoms with Crippen LogP contribution in [0.3, 0.4) is 0 Å². The van der Waals surface area contributed by atoms with Gasteiger partial charge in [0.25, 0.3) is 0 Å². The van der Waals surface area contributed by atoms with E-state index in [1.54, 1.807) is 0 Å². The first kappa shape index (κ1) is 13.9. The van der Waals surface area contributed by atoms with E-state index in [1.807, 2.05) is 6.07 Å². The summed E-state index contributed by atoms with van der Waals surface area (Å²) in [7, 11) is 0. The maximum Gasteiger partial charge on any atom is 0.166 e. The van der Waals surface area contributed by atoms with Gasteiger partial charge in [0.05, 0.1) is 0 Å². The first-order chi connectivity index (χ1) is 9.65. The largest absolute Gasteiger partial charge is 0.294 e. The minimum atomic E-state index is 0.288. The number of benzene rings is 1. The Balaban J connectivity index is 1.74. The first-order valence-electron chi connectivity index (χ1n) is 8.26. The fourth-order valence-corrected chi connectivity index (χ4v) is 4.42. The molecule has 2 saturated carbocycles. The Morgan fingerprint density at radius 2 is 1.75 bits per heavy atom. The molecule has 1 aromatic carbocycles. The number of carbonyl (C=O) groups is 1. The van der Waals surface area contributed by atoms with Crippen molar-refractivity contribution in [3.8, 4) is 0 Å². The van der Waals surface area contributed by atoms with Gasteiger partial charge in [-0.05, 0) is 50.5 Å². The Morgan fingerprint density at radius 1 is 1.00 bits per heavy atom. The molecule has 2 aliphatic rings. The summed E-state index contributed by atoms with van der Waals surface area (Å²) in [6.45, 7) is 4.17. The van der Waals surface area contributed by atoms with Crippen molar-refractivity contribution in [1.82, 2.24) is 0 Å². The van der Waals surface area contributed by atoms with Crippen molar-refractivity contribution in [2.45, 2.75) is 58.8 Å². The molecule has 20 heavy (non-hydrogen) atoms. The summed E-state index contributed by atoms with van der Waals surface area (Å²) in [6.07, 6.45) is 9.12. The molecular weight excluding hydrogens is 244 g/mol. The lowest BCUT2D eigenvalue weighted by molar-refractivity contribution is 0.0763. The third-order valence-corrected chi connectivity index (χ3v) is 5.56. The highest BCUT2D eigenvalue weighted by atomic mass is 16.1. The van der Waals surface area contributed by atoms with Crippen molar-refractivity contribution in [3.63, 3.8) is 0 Å². The minimum Gasteiger partial charge on any atom is -0.294 e. The maximum absolute atomic E-state index is 12.8. The van der Waals surface area contributed by atoms with Crippen LogP contribution in [-0.2, 0) is 0 Å². The van der Waals surface area contributed by atoms with Crippen LogP contribution >= 0.6 is 0 Å². The standard InChI is InChI=1S/C19H26O/c1-13-7-10-18(14(2)11-13)19(20)17-9-8-15-5-3-4-6-16(15)12-17/h7,10-11,15-17H,3-6,8-9,12H2,1-2H3. The van der Waals surface area contributed by atoms with E-state index in [2.05, 4.69) is 26.0 Å². The van der Waals surface area contributed by atoms with Gasteiger partial charge in [0.1, 0.15) is 0 Å². The van der Waals surface area contributed by atoms with Crippen LogP contribution in [0.2, 0.25) is 0 Å². The molecule has 1 aromatic rings. The van der Waals surface area contributed by atoms with Gasteiger partial charge in [-0.15, -0.1) is 0 Å². The summed E-state index contributed by atoms with van der Waals surface area (Å²) in [6, 6.07) is 6.26. The van der Waals surface area contributed by atoms with Crippen molar-refractivity contribution in [1.29, 1.82) is 0 Å². The van der Waals surface area contributed by atoms with Crippen molar-refractivity contribution < 1.29 is 4.79 Å². The Morgan fingerprint density at radius 3 is 2.50 bits per heavy atom. The molecule has 0 amide bonds. The van der Waals surface area contributed by atoms with Gasteiger partial charge in [-0.3, -0.25) is 4.79 Å². The van der Waals surface area contributed by atoms with Gasteiger partial charge in [0.2, 0.25) is 0 Å². The molecule has 0 bridgehead atoms. The molecule has 3 atom stereocenters. The fourth-order valence-electron chi connectivity index (χ4n) is 4.42. The Bertz CT molecular complexity index is 502. The lowest BCUT2D eigenvalue weighted by Gasteiger charge is -2.38. The van der Waals surface area contributed by atoms with E-state index in [4.69, 9.17) is 0 Å². The van der Waals surface area contributed by atoms with Crippen LogP contribution in [0.15, 0.2) is 18.2 Å². The maximum atomic E-state index is 12.8. The van der Waals surface area contributed by atoms with E-state index >= 15 is 0 Å². The average Bonchev–Trinajstić information content (AvgIpc) is 2.46. The zero-order valence-electron chi connectivity index (χ0n) is 12.8. The molecule has 3 rings (SSSR count). The normalized spacial score (nSPS) is 29.8. The van der Waals surface area contributed by atoms with Gasteiger partial charge < -0.3 is 0 Å². The number of ketones is 1. The average molecular weight is 270 g/mol. The number of fused-ring (bicyclic) bond motifs is 1. The number of aryl methyl sites for hydroxylation is 2. The molecule has 1 nitrogen and oxygen atoms in total. The minimum absolute atomic E-state index is 0.288. The number of hydrogen-bond donors (Lipinski definition) is 0. The Labute approximate surface area is 122 Å². The summed E-state index contributed by atoms with van der Waals surface area (Å²) in [5.41, 5.74) is 3.37. The Kier molecular flexibility index (Phi) is 3.96. The third kappa shape index (κ3) is 2.68. The summed E-state index contributed by atoms with van der Waals surface area (Å²) in [5.74, 6) is 2.45. The molecule has 3 unspecified atom stereocenters. The molecule has 2 fully saturated rings. The highest BCUT2D eigenvalue weighted by Gasteiger charge is 2.35. The summed E-state index contributed by atoms with van der Waals surface area (Å²) in [4.78, 5) is 12.8. The van der Waals surface area contributed by atoms with Crippen molar-refractivity contribution in [2.24, 2.45) is 17.8 Å². The van der Waals surface area contributed by atoms with Gasteiger partial charge in [-0.1, -0.05) is 49.4 Å². The summed E-state index contributed by atoms with van der Waals surface area (Å²) in [5, 5.41) is 0. The van der Waals surface area contributed by atoms with Crippen LogP contribution < -0.4 is 0 Å². The predicted octanol–water partition coefficient (Wildman–Crippen LogP) is 5.09. The smallest absolute Gasteiger partial charge is 0.166 e. The molecule has 108 valence electrons. The van der Waals surface area contributed by atoms with Gasteiger partial charge in [-0.25, -0.2) is 0 Å². The molecule has 2 aliphatic carbocycles. The van der Waals surface area contributed by atoms with Crippen LogP contribution in [-0.4, -0.2) is 5.78 Å². The fraction of sp³-hybridized carbons (Fsp3) is 0.632. The second-order valence-electron chi connectivity index (χ2n) is 7.00. The second-order valence-corrected chi connectivity index (χ2v) is 7.00. The SMILES string of the molecule is Cc1ccc(C(=O)C2CCC3CCCCC3C2)c(C)c1. The molecule has 0 spiro atoms. The highest BCUT2D eigenvalue weighted by Crippen LogP contribution is 2.43. The zero-order chi connectivity index (χ0) is 14.1. The molecule has 0 saturated heterocycles. The van der Waals surface area contributed by atoms with Crippen LogP contribution in [0.5, 0.6) is 0 Å². The third-order valence-electron chi connectivity index (χ3n) is 5.56. The summed E-state index contributed by atoms with van der Waals surface area (Å²) >= 11 is 0. The Hall–Kier alpha value is -1.11. The molecular formula is C19H26O. The second kappa shape index (κ2) is 5.71. The van der Waals surface area contributed by atoms with E-state index in [0.29, 0.717) is 5.78 Å². The first-order valence-corrected chi connectivity index (χ1v) is 8.26. The number of Topliss-reactive ketones (excluding diaryl/α,β-unsaturated/α-hetero) is 1. The van der Waals surface area contributed by atoms with Gasteiger partial charge in [-0.2, -0.15) is 0 Å². The van der Waals surface area contributed by atoms with Gasteiger partial charge >= 0.3 is 0 Å². The van der Waals surface area contributed by atoms with E-state index in [9.17, 15) is 4.79 Å². The molecule has 0 aliphatic heterocycles. The van der Waals surface area contributed by atoms with Crippen molar-refractivity contribution in [3.05, 3.63) is 34.9 Å². The summed E-state index contributed by atoms with van der Waals surface area (Å²) < 4.78 is 0. The van der Waals surface area contributed by atoms with E-state index < -0.39 is 0 Å². The molecule has 0 aromatic heterocycles. The van der Waals surface area contributed by atoms with Crippen LogP contribution in [0, 0.1) is 31.6 Å². The van der Waals surface area contributed by atoms with Crippen LogP contribution in [0.25, 0.3) is 0 Å². The number of carbonyl (C=O) groups excluding carboxylic acids is 1. The monoisotopic (exact) mass is 270 g/mol. The van der Waals surface area contributed by atoms with Crippen LogP contribution in [0.1, 0.15) is 66.4 Å². The van der Waals surface area contributed by atoms with Crippen molar-refractivity contribution in [2.75, 3.05) is 0 Å². The lowest BCUT2D eigenvalue weighted by Crippen LogP contribution is -2.31. The quantitative estimate of drug-likeness (QED) is 0.684. The highest BCUT2D eigenvalue weighted by molar-refractivity contribution is 5.99. The van der Waals surface area contributed by atoms with Crippen LogP contribution in [0.4, 0.5) is 0 Å². The zero-order valence-corrected chi connectivity index (χ0v) is 12.8. The molecule has 1 heteroatoms. The molecule has 0 radical (unpaired) electrons. The van der Waals surface area contributed by atoms with Gasteiger partial charge in [0.15, 0.2) is 5.78 Å². The van der Waals surface area contributed by atoms with Gasteiger partial charge in [0, 0.05) is 11.5 Å². The molecule has 0 heterocycles. The topological polar surface area (TPSA) is 17.1 Å². The van der Waals surface area contributed by atoms with E-state index in [0.717, 1.165) is 35.8 Å². The predicted molar refractivity (Wildman–Crippen MR) is 83.0 cm³/mol. The number of hydrogen-bond acceptors (Lipinski definition) is 1. The van der Waals surface area contributed by atoms with Crippen molar-refractivity contribution >= 4 is 5.78 Å². The molecule has 0 N–H and O–H groups in total. The van der Waals surface area contributed by atoms with E-state index in [-0.39, 0.29) is 5.92 Å². The van der Waals surface area contributed by atoms with E-state index in [1.165, 1.54) is 37.7 Å². The lowest BCUT2D eigenvalue weighted by atomic mass is 9.66. The number of rotatable bonds is 2.